The molecule has 0 bridgehead atoms. The van der Waals surface area contributed by atoms with Crippen molar-refractivity contribution >= 4 is 26.8 Å². The van der Waals surface area contributed by atoms with Crippen molar-refractivity contribution in [1.29, 1.82) is 0 Å². The van der Waals surface area contributed by atoms with Gasteiger partial charge < -0.3 is 10.3 Å². The monoisotopic (exact) mass is 487 g/mol. The fourth-order valence-electron chi connectivity index (χ4n) is 4.80. The van der Waals surface area contributed by atoms with Gasteiger partial charge in [-0.2, -0.15) is 0 Å². The highest BCUT2D eigenvalue weighted by atomic mass is 32.2. The van der Waals surface area contributed by atoms with Crippen LogP contribution in [-0.2, 0) is 14.6 Å². The van der Waals surface area contributed by atoms with Gasteiger partial charge >= 0.3 is 0 Å². The summed E-state index contributed by atoms with van der Waals surface area (Å²) in [5.41, 5.74) is 11.5. The molecule has 1 atom stereocenters. The molecule has 3 aromatic carbocycles. The molecule has 1 heterocycles. The second-order valence-electron chi connectivity index (χ2n) is 9.31. The lowest BCUT2D eigenvalue weighted by atomic mass is 9.90. The lowest BCUT2D eigenvalue weighted by Crippen LogP contribution is -2.22. The van der Waals surface area contributed by atoms with Crippen molar-refractivity contribution in [2.45, 2.75) is 50.0 Å². The standard InChI is InChI=1S/C28H29N3O3S/c1-3-35(33,34)23-14-12-20(13-15-23)26(27(29)32)19-8-10-21(11-9-19)28-30-24-16-7-18(2)17-25(24)31(28)22-5-4-6-22/h7-17,22,26H,3-6H2,1-2H3,(H2,29,32). The van der Waals surface area contributed by atoms with E-state index in [0.29, 0.717) is 11.6 Å². The highest BCUT2D eigenvalue weighted by molar-refractivity contribution is 7.91. The number of nitrogens with two attached hydrogens (primary N) is 1. The number of primary amides is 1. The first-order valence-corrected chi connectivity index (χ1v) is 13.6. The van der Waals surface area contributed by atoms with Gasteiger partial charge in [0, 0.05) is 11.6 Å². The SMILES string of the molecule is CCS(=O)(=O)c1ccc(C(C(N)=O)c2ccc(-c3nc4ccc(C)cc4n3C3CCC3)cc2)cc1. The molecule has 2 N–H and O–H groups in total. The molecule has 0 radical (unpaired) electrons. The number of carbonyl (C=O) groups is 1. The molecule has 0 aliphatic heterocycles. The first-order valence-electron chi connectivity index (χ1n) is 12.0. The normalized spacial score (nSPS) is 15.1. The number of sulfone groups is 1. The van der Waals surface area contributed by atoms with Gasteiger partial charge in [0.05, 0.1) is 27.6 Å². The summed E-state index contributed by atoms with van der Waals surface area (Å²) in [5, 5.41) is 0. The summed E-state index contributed by atoms with van der Waals surface area (Å²) in [7, 11) is -3.31. The maximum Gasteiger partial charge on any atom is 0.229 e. The quantitative estimate of drug-likeness (QED) is 0.390. The van der Waals surface area contributed by atoms with E-state index in [1.807, 2.05) is 24.3 Å². The maximum absolute atomic E-state index is 12.4. The summed E-state index contributed by atoms with van der Waals surface area (Å²) in [6.07, 6.45) is 3.53. The first kappa shape index (κ1) is 23.3. The van der Waals surface area contributed by atoms with E-state index in [-0.39, 0.29) is 10.6 Å². The minimum atomic E-state index is -3.31. The Morgan fingerprint density at radius 2 is 1.66 bits per heavy atom. The molecule has 7 heteroatoms. The number of aryl methyl sites for hydroxylation is 1. The van der Waals surface area contributed by atoms with Gasteiger partial charge in [0.25, 0.3) is 0 Å². The van der Waals surface area contributed by atoms with Crippen LogP contribution in [0.25, 0.3) is 22.4 Å². The highest BCUT2D eigenvalue weighted by Crippen LogP contribution is 2.39. The molecule has 1 amide bonds. The van der Waals surface area contributed by atoms with Gasteiger partial charge in [-0.3, -0.25) is 4.79 Å². The van der Waals surface area contributed by atoms with Crippen LogP contribution in [0, 0.1) is 6.92 Å². The topological polar surface area (TPSA) is 95.0 Å². The number of aromatic nitrogens is 2. The Balaban J connectivity index is 1.51. The molecule has 6 nitrogen and oxygen atoms in total. The Kier molecular flexibility index (Phi) is 5.97. The molecular weight excluding hydrogens is 458 g/mol. The van der Waals surface area contributed by atoms with E-state index < -0.39 is 21.7 Å². The summed E-state index contributed by atoms with van der Waals surface area (Å²) in [4.78, 5) is 17.6. The van der Waals surface area contributed by atoms with Crippen LogP contribution in [-0.4, -0.2) is 29.6 Å². The molecule has 180 valence electrons. The molecule has 5 rings (SSSR count). The molecule has 0 spiro atoms. The van der Waals surface area contributed by atoms with E-state index in [1.54, 1.807) is 31.2 Å². The van der Waals surface area contributed by atoms with Gasteiger partial charge in [-0.15, -0.1) is 0 Å². The Bertz CT molecular complexity index is 1500. The van der Waals surface area contributed by atoms with Crippen molar-refractivity contribution < 1.29 is 13.2 Å². The molecule has 1 unspecified atom stereocenters. The Morgan fingerprint density at radius 1 is 1.03 bits per heavy atom. The third-order valence-electron chi connectivity index (χ3n) is 7.02. The van der Waals surface area contributed by atoms with Gasteiger partial charge in [-0.05, 0) is 67.1 Å². The van der Waals surface area contributed by atoms with Gasteiger partial charge in [0.2, 0.25) is 5.91 Å². The minimum absolute atomic E-state index is 0.0260. The molecule has 1 aromatic heterocycles. The summed E-state index contributed by atoms with van der Waals surface area (Å²) < 4.78 is 26.6. The van der Waals surface area contributed by atoms with Crippen molar-refractivity contribution in [3.8, 4) is 11.4 Å². The van der Waals surface area contributed by atoms with E-state index in [2.05, 4.69) is 29.7 Å². The zero-order chi connectivity index (χ0) is 24.7. The van der Waals surface area contributed by atoms with Crippen LogP contribution >= 0.6 is 0 Å². The number of carbonyl (C=O) groups excluding carboxylic acids is 1. The van der Waals surface area contributed by atoms with E-state index in [1.165, 1.54) is 12.0 Å². The summed E-state index contributed by atoms with van der Waals surface area (Å²) in [6.45, 7) is 3.71. The average molecular weight is 488 g/mol. The molecule has 1 saturated carbocycles. The Labute approximate surface area is 205 Å². The number of benzene rings is 3. The van der Waals surface area contributed by atoms with Gasteiger partial charge in [0.1, 0.15) is 5.82 Å². The lowest BCUT2D eigenvalue weighted by molar-refractivity contribution is -0.118. The van der Waals surface area contributed by atoms with E-state index in [9.17, 15) is 13.2 Å². The predicted octanol–water partition coefficient (Wildman–Crippen LogP) is 5.15. The minimum Gasteiger partial charge on any atom is -0.369 e. The Morgan fingerprint density at radius 3 is 2.20 bits per heavy atom. The maximum atomic E-state index is 12.4. The molecule has 1 aliphatic rings. The number of amides is 1. The number of hydrogen-bond donors (Lipinski definition) is 1. The highest BCUT2D eigenvalue weighted by Gasteiger charge is 2.26. The number of hydrogen-bond acceptors (Lipinski definition) is 4. The van der Waals surface area contributed by atoms with Crippen LogP contribution < -0.4 is 5.73 Å². The fourth-order valence-corrected chi connectivity index (χ4v) is 5.69. The fraction of sp³-hybridized carbons (Fsp3) is 0.286. The molecule has 4 aromatic rings. The molecule has 0 saturated heterocycles. The van der Waals surface area contributed by atoms with E-state index in [4.69, 9.17) is 10.7 Å². The van der Waals surface area contributed by atoms with Gasteiger partial charge in [0.15, 0.2) is 9.84 Å². The van der Waals surface area contributed by atoms with E-state index >= 15 is 0 Å². The number of rotatable bonds is 7. The summed E-state index contributed by atoms with van der Waals surface area (Å²) in [5.74, 6) is -0.193. The number of fused-ring (bicyclic) bond motifs is 1. The number of imidazole rings is 1. The smallest absolute Gasteiger partial charge is 0.229 e. The van der Waals surface area contributed by atoms with Crippen LogP contribution in [0.15, 0.2) is 71.6 Å². The lowest BCUT2D eigenvalue weighted by Gasteiger charge is -2.29. The van der Waals surface area contributed by atoms with Crippen LogP contribution in [0.4, 0.5) is 0 Å². The molecular formula is C28H29N3O3S. The second-order valence-corrected chi connectivity index (χ2v) is 11.6. The third kappa shape index (κ3) is 4.25. The molecule has 1 fully saturated rings. The van der Waals surface area contributed by atoms with Crippen molar-refractivity contribution in [2.75, 3.05) is 5.75 Å². The first-order chi connectivity index (χ1) is 16.8. The molecule has 35 heavy (non-hydrogen) atoms. The van der Waals surface area contributed by atoms with Crippen LogP contribution in [0.3, 0.4) is 0 Å². The van der Waals surface area contributed by atoms with Crippen molar-refractivity contribution in [3.05, 3.63) is 83.4 Å². The van der Waals surface area contributed by atoms with Crippen LogP contribution in [0.5, 0.6) is 0 Å². The molecule has 1 aliphatic carbocycles. The predicted molar refractivity (Wildman–Crippen MR) is 138 cm³/mol. The largest absolute Gasteiger partial charge is 0.369 e. The van der Waals surface area contributed by atoms with E-state index in [0.717, 1.165) is 40.8 Å². The third-order valence-corrected chi connectivity index (χ3v) is 8.77. The summed E-state index contributed by atoms with van der Waals surface area (Å²) >= 11 is 0. The van der Waals surface area contributed by atoms with Crippen LogP contribution in [0.1, 0.15) is 54.8 Å². The Hall–Kier alpha value is -3.45. The number of nitrogens with zero attached hydrogens (tertiary/aromatic N) is 2. The van der Waals surface area contributed by atoms with Crippen molar-refractivity contribution in [2.24, 2.45) is 5.73 Å². The van der Waals surface area contributed by atoms with Crippen molar-refractivity contribution in [3.63, 3.8) is 0 Å². The van der Waals surface area contributed by atoms with Gasteiger partial charge in [-0.1, -0.05) is 49.4 Å². The van der Waals surface area contributed by atoms with Crippen molar-refractivity contribution in [1.82, 2.24) is 9.55 Å². The van der Waals surface area contributed by atoms with Crippen LogP contribution in [0.2, 0.25) is 0 Å². The zero-order valence-electron chi connectivity index (χ0n) is 19.9. The van der Waals surface area contributed by atoms with Gasteiger partial charge in [-0.25, -0.2) is 13.4 Å². The zero-order valence-corrected chi connectivity index (χ0v) is 20.8. The average Bonchev–Trinajstić information content (AvgIpc) is 3.17. The second kappa shape index (κ2) is 8.96. The summed E-state index contributed by atoms with van der Waals surface area (Å²) in [6, 6.07) is 21.0.